The highest BCUT2D eigenvalue weighted by Crippen LogP contribution is 2.34. The largest absolute Gasteiger partial charge is 0.370 e. The van der Waals surface area contributed by atoms with Crippen LogP contribution in [0.4, 0.5) is 0 Å². The number of aromatic nitrogens is 2. The predicted octanol–water partition coefficient (Wildman–Crippen LogP) is 3.11. The maximum atomic E-state index is 5.77. The van der Waals surface area contributed by atoms with Crippen LogP contribution in [0.2, 0.25) is 0 Å². The Bertz CT molecular complexity index is 385. The van der Waals surface area contributed by atoms with Gasteiger partial charge in [-0.25, -0.2) is 0 Å². The molecule has 0 aliphatic rings. The fourth-order valence-corrected chi connectivity index (χ4v) is 2.15. The first-order valence-corrected chi connectivity index (χ1v) is 7.52. The third-order valence-electron chi connectivity index (χ3n) is 3.35. The van der Waals surface area contributed by atoms with Gasteiger partial charge in [-0.05, 0) is 37.6 Å². The van der Waals surface area contributed by atoms with E-state index in [9.17, 15) is 0 Å². The van der Waals surface area contributed by atoms with Crippen molar-refractivity contribution in [2.24, 2.45) is 17.1 Å². The highest BCUT2D eigenvalue weighted by molar-refractivity contribution is 4.96. The van der Waals surface area contributed by atoms with Crippen LogP contribution in [-0.2, 0) is 11.2 Å². The monoisotopic (exact) mass is 283 g/mol. The van der Waals surface area contributed by atoms with Crippen LogP contribution >= 0.6 is 0 Å². The van der Waals surface area contributed by atoms with Gasteiger partial charge < -0.3 is 15.0 Å². The Labute approximate surface area is 122 Å². The summed E-state index contributed by atoms with van der Waals surface area (Å²) in [6.07, 6.45) is 2.72. The number of nitrogens with zero attached hydrogens (tertiary/aromatic N) is 2. The molecule has 1 heterocycles. The van der Waals surface area contributed by atoms with Gasteiger partial charge in [0.05, 0.1) is 0 Å². The van der Waals surface area contributed by atoms with Crippen LogP contribution < -0.4 is 5.73 Å². The van der Waals surface area contributed by atoms with Crippen LogP contribution in [0.15, 0.2) is 4.52 Å². The minimum atomic E-state index is -0.133. The third-order valence-corrected chi connectivity index (χ3v) is 3.35. The molecule has 0 amide bonds. The number of rotatable bonds is 8. The quantitative estimate of drug-likeness (QED) is 0.793. The molecule has 0 fully saturated rings. The van der Waals surface area contributed by atoms with Crippen molar-refractivity contribution in [2.45, 2.75) is 60.0 Å². The van der Waals surface area contributed by atoms with Gasteiger partial charge in [-0.2, -0.15) is 4.98 Å². The fraction of sp³-hybridized carbons (Fsp3) is 0.867. The minimum Gasteiger partial charge on any atom is -0.370 e. The number of ether oxygens (including phenoxy) is 1. The highest BCUT2D eigenvalue weighted by Gasteiger charge is 2.31. The standard InChI is InChI=1S/C15H29N3O2/c1-6-19-13(15(3,4)5)14-17-12(20-18-14)8-7-11(2)9-10-16/h11,13H,6-10,16H2,1-5H3. The van der Waals surface area contributed by atoms with Gasteiger partial charge >= 0.3 is 0 Å². The van der Waals surface area contributed by atoms with E-state index in [0.717, 1.165) is 25.8 Å². The number of hydrogen-bond donors (Lipinski definition) is 1. The van der Waals surface area contributed by atoms with Gasteiger partial charge in [0.15, 0.2) is 0 Å². The Balaban J connectivity index is 2.65. The van der Waals surface area contributed by atoms with Gasteiger partial charge in [0.25, 0.3) is 0 Å². The molecule has 2 N–H and O–H groups in total. The van der Waals surface area contributed by atoms with Crippen molar-refractivity contribution in [3.8, 4) is 0 Å². The minimum absolute atomic E-state index is 0.0516. The lowest BCUT2D eigenvalue weighted by molar-refractivity contribution is -0.0203. The molecule has 0 aliphatic carbocycles. The van der Waals surface area contributed by atoms with Crippen LogP contribution in [0.1, 0.15) is 65.3 Å². The SMILES string of the molecule is CCOC(c1noc(CCC(C)CCN)n1)C(C)(C)C. The lowest BCUT2D eigenvalue weighted by Gasteiger charge is -2.27. The van der Waals surface area contributed by atoms with Gasteiger partial charge in [0.1, 0.15) is 6.10 Å². The van der Waals surface area contributed by atoms with Gasteiger partial charge in [-0.3, -0.25) is 0 Å². The average Bonchev–Trinajstić information content (AvgIpc) is 2.80. The van der Waals surface area contributed by atoms with E-state index in [0.29, 0.717) is 24.2 Å². The van der Waals surface area contributed by atoms with Crippen LogP contribution in [-0.4, -0.2) is 23.3 Å². The highest BCUT2D eigenvalue weighted by atomic mass is 16.5. The summed E-state index contributed by atoms with van der Waals surface area (Å²) in [7, 11) is 0. The molecule has 0 saturated heterocycles. The predicted molar refractivity (Wildman–Crippen MR) is 79.3 cm³/mol. The molecular weight excluding hydrogens is 254 g/mol. The van der Waals surface area contributed by atoms with E-state index in [1.165, 1.54) is 0 Å². The van der Waals surface area contributed by atoms with Crippen molar-refractivity contribution < 1.29 is 9.26 Å². The normalized spacial score (nSPS) is 15.3. The third kappa shape index (κ3) is 5.21. The zero-order chi connectivity index (χ0) is 15.2. The van der Waals surface area contributed by atoms with E-state index < -0.39 is 0 Å². The first-order chi connectivity index (χ1) is 9.38. The summed E-state index contributed by atoms with van der Waals surface area (Å²) in [4.78, 5) is 4.49. The van der Waals surface area contributed by atoms with Crippen LogP contribution in [0, 0.1) is 11.3 Å². The van der Waals surface area contributed by atoms with E-state index in [1.807, 2.05) is 6.92 Å². The second kappa shape index (κ2) is 7.74. The van der Waals surface area contributed by atoms with E-state index in [-0.39, 0.29) is 11.5 Å². The molecule has 0 aliphatic heterocycles. The molecule has 1 rings (SSSR count). The Morgan fingerprint density at radius 2 is 2.00 bits per heavy atom. The molecule has 5 nitrogen and oxygen atoms in total. The number of hydrogen-bond acceptors (Lipinski definition) is 5. The maximum absolute atomic E-state index is 5.77. The summed E-state index contributed by atoms with van der Waals surface area (Å²) in [6, 6.07) is 0. The second-order valence-corrected chi connectivity index (χ2v) is 6.47. The zero-order valence-electron chi connectivity index (χ0n) is 13.5. The van der Waals surface area contributed by atoms with Crippen LogP contribution in [0.3, 0.4) is 0 Å². The Morgan fingerprint density at radius 1 is 1.30 bits per heavy atom. The molecule has 2 atom stereocenters. The zero-order valence-corrected chi connectivity index (χ0v) is 13.5. The Kier molecular flexibility index (Phi) is 6.62. The van der Waals surface area contributed by atoms with Crippen molar-refractivity contribution in [3.05, 3.63) is 11.7 Å². The molecular formula is C15H29N3O2. The summed E-state index contributed by atoms with van der Waals surface area (Å²) in [6.45, 7) is 11.9. The first-order valence-electron chi connectivity index (χ1n) is 7.52. The molecule has 2 unspecified atom stereocenters. The van der Waals surface area contributed by atoms with Crippen molar-refractivity contribution in [2.75, 3.05) is 13.2 Å². The van der Waals surface area contributed by atoms with E-state index in [1.54, 1.807) is 0 Å². The van der Waals surface area contributed by atoms with Crippen molar-refractivity contribution in [1.29, 1.82) is 0 Å². The summed E-state index contributed by atoms with van der Waals surface area (Å²) >= 11 is 0. The van der Waals surface area contributed by atoms with E-state index >= 15 is 0 Å². The smallest absolute Gasteiger partial charge is 0.226 e. The molecule has 5 heteroatoms. The Hall–Kier alpha value is -0.940. The van der Waals surface area contributed by atoms with Gasteiger partial charge in [0, 0.05) is 13.0 Å². The molecule has 1 aromatic heterocycles. The molecule has 0 saturated carbocycles. The van der Waals surface area contributed by atoms with Gasteiger partial charge in [-0.15, -0.1) is 0 Å². The summed E-state index contributed by atoms with van der Waals surface area (Å²) < 4.78 is 11.1. The maximum Gasteiger partial charge on any atom is 0.226 e. The van der Waals surface area contributed by atoms with Crippen molar-refractivity contribution in [1.82, 2.24) is 10.1 Å². The van der Waals surface area contributed by atoms with Crippen LogP contribution in [0.25, 0.3) is 0 Å². The molecule has 0 spiro atoms. The van der Waals surface area contributed by atoms with Crippen molar-refractivity contribution in [3.63, 3.8) is 0 Å². The number of aryl methyl sites for hydroxylation is 1. The molecule has 20 heavy (non-hydrogen) atoms. The molecule has 0 radical (unpaired) electrons. The summed E-state index contributed by atoms with van der Waals surface area (Å²) in [5.74, 6) is 1.93. The van der Waals surface area contributed by atoms with Gasteiger partial charge in [0.2, 0.25) is 11.7 Å². The second-order valence-electron chi connectivity index (χ2n) is 6.47. The molecule has 116 valence electrons. The topological polar surface area (TPSA) is 74.2 Å². The van der Waals surface area contributed by atoms with Gasteiger partial charge in [-0.1, -0.05) is 32.9 Å². The summed E-state index contributed by atoms with van der Waals surface area (Å²) in [5, 5.41) is 4.09. The average molecular weight is 283 g/mol. The molecule has 1 aromatic rings. The lowest BCUT2D eigenvalue weighted by Crippen LogP contribution is -2.22. The van der Waals surface area contributed by atoms with Crippen LogP contribution in [0.5, 0.6) is 0 Å². The van der Waals surface area contributed by atoms with E-state index in [2.05, 4.69) is 37.8 Å². The lowest BCUT2D eigenvalue weighted by atomic mass is 9.88. The molecule has 0 aromatic carbocycles. The first kappa shape index (κ1) is 17.1. The van der Waals surface area contributed by atoms with Crippen molar-refractivity contribution >= 4 is 0 Å². The van der Waals surface area contributed by atoms with E-state index in [4.69, 9.17) is 15.0 Å². The summed E-state index contributed by atoms with van der Waals surface area (Å²) in [5.41, 5.74) is 5.50. The molecule has 0 bridgehead atoms. The Morgan fingerprint density at radius 3 is 2.55 bits per heavy atom. The number of nitrogens with two attached hydrogens (primary N) is 1. The fourth-order valence-electron chi connectivity index (χ4n) is 2.15.